The molecule has 0 aliphatic heterocycles. The van der Waals surface area contributed by atoms with Gasteiger partial charge in [0.2, 0.25) is 0 Å². The molecule has 2 aromatic heterocycles. The first kappa shape index (κ1) is 19.7. The Kier molecular flexibility index (Phi) is 6.05. The molecule has 146 valence electrons. The van der Waals surface area contributed by atoms with Crippen molar-refractivity contribution in [2.24, 2.45) is 5.92 Å². The quantitative estimate of drug-likeness (QED) is 0.565. The van der Waals surface area contributed by atoms with Gasteiger partial charge in [0.25, 0.3) is 0 Å². The first-order valence-electron chi connectivity index (χ1n) is 9.44. The fourth-order valence-corrected chi connectivity index (χ4v) is 3.45. The average Bonchev–Trinajstić information content (AvgIpc) is 3.00. The highest BCUT2D eigenvalue weighted by molar-refractivity contribution is 6.29. The van der Waals surface area contributed by atoms with E-state index in [0.717, 1.165) is 36.9 Å². The van der Waals surface area contributed by atoms with Crippen LogP contribution in [-0.4, -0.2) is 33.0 Å². The maximum absolute atomic E-state index is 11.6. The lowest BCUT2D eigenvalue weighted by Gasteiger charge is -2.35. The molecule has 1 fully saturated rings. The minimum Gasteiger partial charge on any atom is -0.444 e. The lowest BCUT2D eigenvalue weighted by molar-refractivity contribution is 0.0524. The van der Waals surface area contributed by atoms with E-state index >= 15 is 0 Å². The number of hydrogen-bond acceptors (Lipinski definition) is 4. The summed E-state index contributed by atoms with van der Waals surface area (Å²) in [5.41, 5.74) is 1.38. The summed E-state index contributed by atoms with van der Waals surface area (Å²) in [6, 6.07) is 6.05. The minimum atomic E-state index is -0.450. The van der Waals surface area contributed by atoms with Crippen LogP contribution < -0.4 is 5.32 Å². The zero-order valence-electron chi connectivity index (χ0n) is 16.1. The topological polar surface area (TPSA) is 69.0 Å². The number of carbonyl (C=O) groups is 1. The molecule has 1 N–H and O–H groups in total. The predicted molar refractivity (Wildman–Crippen MR) is 106 cm³/mol. The van der Waals surface area contributed by atoms with Crippen molar-refractivity contribution in [3.05, 3.63) is 35.7 Å². The second-order valence-corrected chi connectivity index (χ2v) is 8.50. The summed E-state index contributed by atoms with van der Waals surface area (Å²) >= 11 is 5.96. The van der Waals surface area contributed by atoms with Crippen LogP contribution in [0.5, 0.6) is 0 Å². The second-order valence-electron chi connectivity index (χ2n) is 8.12. The number of nitrogens with one attached hydrogen (secondary N) is 1. The highest BCUT2D eigenvalue weighted by Gasteiger charge is 2.30. The van der Waals surface area contributed by atoms with Gasteiger partial charge >= 0.3 is 6.09 Å². The predicted octanol–water partition coefficient (Wildman–Crippen LogP) is 4.85. The fraction of sp³-hybridized carbons (Fsp3) is 0.550. The number of nitrogens with zero attached hydrogens (tertiary/aromatic N) is 3. The molecule has 6 nitrogen and oxygen atoms in total. The van der Waals surface area contributed by atoms with E-state index in [1.54, 1.807) is 6.07 Å². The molecule has 0 aromatic carbocycles. The van der Waals surface area contributed by atoms with Crippen LogP contribution in [0, 0.1) is 5.92 Å². The molecule has 3 rings (SSSR count). The van der Waals surface area contributed by atoms with Gasteiger partial charge in [-0.3, -0.25) is 4.68 Å². The third-order valence-corrected chi connectivity index (χ3v) is 4.87. The summed E-state index contributed by atoms with van der Waals surface area (Å²) in [4.78, 5) is 15.9. The molecule has 0 saturated heterocycles. The number of alkyl carbamates (subject to hydrolysis) is 1. The van der Waals surface area contributed by atoms with Crippen molar-refractivity contribution >= 4 is 17.7 Å². The Balaban J connectivity index is 1.37. The summed E-state index contributed by atoms with van der Waals surface area (Å²) < 4.78 is 7.27. The van der Waals surface area contributed by atoms with Gasteiger partial charge in [0.15, 0.2) is 0 Å². The smallest absolute Gasteiger partial charge is 0.407 e. The molecule has 1 saturated carbocycles. The number of aromatic nitrogens is 3. The maximum Gasteiger partial charge on any atom is 0.407 e. The Morgan fingerprint density at radius 1 is 1.37 bits per heavy atom. The van der Waals surface area contributed by atoms with Crippen LogP contribution >= 0.6 is 11.6 Å². The number of rotatable bonds is 6. The van der Waals surface area contributed by atoms with Gasteiger partial charge in [0.05, 0.1) is 17.9 Å². The molecule has 1 amide bonds. The summed E-state index contributed by atoms with van der Waals surface area (Å²) in [6.45, 7) is 6.25. The molecule has 0 radical (unpaired) electrons. The Hall–Kier alpha value is -2.08. The van der Waals surface area contributed by atoms with Gasteiger partial charge in [-0.05, 0) is 64.5 Å². The van der Waals surface area contributed by atoms with Crippen molar-refractivity contribution in [1.29, 1.82) is 0 Å². The normalized spacial score (nSPS) is 19.4. The zero-order valence-corrected chi connectivity index (χ0v) is 16.9. The third-order valence-electron chi connectivity index (χ3n) is 4.65. The van der Waals surface area contributed by atoms with Gasteiger partial charge in [0, 0.05) is 18.3 Å². The minimum absolute atomic E-state index is 0.340. The van der Waals surface area contributed by atoms with E-state index in [4.69, 9.17) is 16.3 Å². The molecule has 27 heavy (non-hydrogen) atoms. The number of pyridine rings is 1. The Morgan fingerprint density at radius 2 is 2.15 bits per heavy atom. The number of amides is 1. The van der Waals surface area contributed by atoms with Crippen LogP contribution in [0.15, 0.2) is 30.6 Å². The Bertz CT molecular complexity index is 778. The van der Waals surface area contributed by atoms with E-state index in [1.807, 2.05) is 50.0 Å². The molecular formula is C20H27ClN4O2. The van der Waals surface area contributed by atoms with Gasteiger partial charge < -0.3 is 10.1 Å². The number of ether oxygens (including phenoxy) is 1. The highest BCUT2D eigenvalue weighted by atomic mass is 35.5. The van der Waals surface area contributed by atoms with E-state index in [1.165, 1.54) is 0 Å². The molecule has 0 spiro atoms. The van der Waals surface area contributed by atoms with Gasteiger partial charge in [0.1, 0.15) is 10.8 Å². The van der Waals surface area contributed by atoms with Crippen LogP contribution in [0.4, 0.5) is 4.79 Å². The maximum atomic E-state index is 11.6. The molecule has 0 unspecified atom stereocenters. The largest absolute Gasteiger partial charge is 0.444 e. The van der Waals surface area contributed by atoms with Gasteiger partial charge in [-0.1, -0.05) is 17.7 Å². The van der Waals surface area contributed by atoms with Crippen LogP contribution in [0.25, 0.3) is 11.3 Å². The Labute approximate surface area is 165 Å². The number of hydrogen-bond donors (Lipinski definition) is 1. The third kappa shape index (κ3) is 5.70. The summed E-state index contributed by atoms with van der Waals surface area (Å²) in [5, 5.41) is 7.80. The van der Waals surface area contributed by atoms with Crippen molar-refractivity contribution in [2.45, 2.75) is 58.1 Å². The van der Waals surface area contributed by atoms with Crippen molar-refractivity contribution in [1.82, 2.24) is 20.1 Å². The van der Waals surface area contributed by atoms with E-state index in [-0.39, 0.29) is 6.09 Å². The number of carbonyl (C=O) groups excluding carboxylic acids is 1. The molecule has 0 atom stereocenters. The monoisotopic (exact) mass is 390 g/mol. The van der Waals surface area contributed by atoms with E-state index in [2.05, 4.69) is 15.4 Å². The lowest BCUT2D eigenvalue weighted by Crippen LogP contribution is -2.33. The summed E-state index contributed by atoms with van der Waals surface area (Å²) in [7, 11) is 0. The molecule has 0 bridgehead atoms. The fourth-order valence-electron chi connectivity index (χ4n) is 3.29. The lowest BCUT2D eigenvalue weighted by atomic mass is 9.77. The molecule has 1 aliphatic rings. The van der Waals surface area contributed by atoms with E-state index in [0.29, 0.717) is 23.7 Å². The van der Waals surface area contributed by atoms with Crippen LogP contribution in [0.3, 0.4) is 0 Å². The zero-order chi connectivity index (χ0) is 19.4. The van der Waals surface area contributed by atoms with Crippen molar-refractivity contribution < 1.29 is 9.53 Å². The van der Waals surface area contributed by atoms with Gasteiger partial charge in [-0.15, -0.1) is 0 Å². The standard InChI is InChI=1S/C20H27ClN4O2/c1-20(2,3)27-19(26)22-9-5-6-14-10-16(11-14)25-13-15(12-23-25)17-7-4-8-18(21)24-17/h4,7-8,12-14,16H,5-6,9-11H2,1-3H3,(H,22,26)/t14-,16-. The van der Waals surface area contributed by atoms with Crippen molar-refractivity contribution in [3.8, 4) is 11.3 Å². The first-order valence-corrected chi connectivity index (χ1v) is 9.82. The van der Waals surface area contributed by atoms with E-state index < -0.39 is 5.60 Å². The number of halogens is 1. The van der Waals surface area contributed by atoms with E-state index in [9.17, 15) is 4.79 Å². The summed E-state index contributed by atoms with van der Waals surface area (Å²) in [6.07, 6.45) is 7.87. The van der Waals surface area contributed by atoms with Gasteiger partial charge in [-0.2, -0.15) is 5.10 Å². The summed E-state index contributed by atoms with van der Waals surface area (Å²) in [5.74, 6) is 0.687. The molecule has 1 aliphatic carbocycles. The Morgan fingerprint density at radius 3 is 2.85 bits per heavy atom. The molecule has 7 heteroatoms. The van der Waals surface area contributed by atoms with Gasteiger partial charge in [-0.25, -0.2) is 9.78 Å². The second kappa shape index (κ2) is 8.30. The molecule has 2 heterocycles. The first-order chi connectivity index (χ1) is 12.8. The van der Waals surface area contributed by atoms with Crippen molar-refractivity contribution in [2.75, 3.05) is 6.54 Å². The average molecular weight is 391 g/mol. The SMILES string of the molecule is CC(C)(C)OC(=O)NCCC[C@H]1C[C@H](n2cc(-c3cccc(Cl)n3)cn2)C1. The molecule has 2 aromatic rings. The molecular weight excluding hydrogens is 364 g/mol. The van der Waals surface area contributed by atoms with Crippen LogP contribution in [0.1, 0.15) is 52.5 Å². The van der Waals surface area contributed by atoms with Crippen LogP contribution in [-0.2, 0) is 4.74 Å². The van der Waals surface area contributed by atoms with Crippen molar-refractivity contribution in [3.63, 3.8) is 0 Å². The van der Waals surface area contributed by atoms with Crippen LogP contribution in [0.2, 0.25) is 5.15 Å². The highest BCUT2D eigenvalue weighted by Crippen LogP contribution is 2.40.